The van der Waals surface area contributed by atoms with Crippen molar-refractivity contribution in [2.24, 2.45) is 4.99 Å². The Kier molecular flexibility index (Phi) is 1.75. The number of aliphatic imine (C=N–C) groups is 1. The Labute approximate surface area is 69.8 Å². The maximum absolute atomic E-state index is 12.9. The average Bonchev–Trinajstić information content (AvgIpc) is 2.34. The van der Waals surface area contributed by atoms with Gasteiger partial charge >= 0.3 is 0 Å². The first kappa shape index (κ1) is 7.35. The fourth-order valence-corrected chi connectivity index (χ4v) is 2.73. The zero-order valence-electron chi connectivity index (χ0n) is 6.16. The van der Waals surface area contributed by atoms with Crippen LogP contribution in [-0.4, -0.2) is 23.0 Å². The molecular formula is C8H10FNS. The molecule has 3 atom stereocenters. The van der Waals surface area contributed by atoms with Crippen molar-refractivity contribution < 1.29 is 4.39 Å². The minimum absolute atomic E-state index is 0.215. The van der Waals surface area contributed by atoms with Gasteiger partial charge in [-0.25, -0.2) is 4.39 Å². The first-order valence-corrected chi connectivity index (χ1v) is 4.70. The highest BCUT2D eigenvalue weighted by atomic mass is 32.2. The van der Waals surface area contributed by atoms with E-state index in [1.54, 1.807) is 11.8 Å². The van der Waals surface area contributed by atoms with Crippen LogP contribution in [0.3, 0.4) is 0 Å². The van der Waals surface area contributed by atoms with E-state index < -0.39 is 6.17 Å². The van der Waals surface area contributed by atoms with Gasteiger partial charge in [0.15, 0.2) is 0 Å². The predicted octanol–water partition coefficient (Wildman–Crippen LogP) is 2.19. The van der Waals surface area contributed by atoms with Crippen LogP contribution < -0.4 is 0 Å². The molecule has 0 bridgehead atoms. The molecule has 0 radical (unpaired) electrons. The summed E-state index contributed by atoms with van der Waals surface area (Å²) in [5.74, 6) is 0. The Morgan fingerprint density at radius 1 is 1.73 bits per heavy atom. The SMILES string of the molecule is C=C1CC(F)CC2SC=NC12. The number of hydrogen-bond acceptors (Lipinski definition) is 2. The minimum Gasteiger partial charge on any atom is -0.277 e. The van der Waals surface area contributed by atoms with Gasteiger partial charge in [-0.3, -0.25) is 4.99 Å². The van der Waals surface area contributed by atoms with Gasteiger partial charge in [0, 0.05) is 11.7 Å². The van der Waals surface area contributed by atoms with Gasteiger partial charge in [-0.05, 0) is 12.0 Å². The number of nitrogens with zero attached hydrogens (tertiary/aromatic N) is 1. The van der Waals surface area contributed by atoms with Gasteiger partial charge in [0.2, 0.25) is 0 Å². The Bertz CT molecular complexity index is 214. The van der Waals surface area contributed by atoms with Crippen LogP contribution in [0.5, 0.6) is 0 Å². The molecule has 11 heavy (non-hydrogen) atoms. The Morgan fingerprint density at radius 2 is 2.55 bits per heavy atom. The first-order chi connectivity index (χ1) is 5.27. The molecule has 60 valence electrons. The van der Waals surface area contributed by atoms with E-state index >= 15 is 0 Å². The highest BCUT2D eigenvalue weighted by Gasteiger charge is 2.35. The molecule has 1 heterocycles. The lowest BCUT2D eigenvalue weighted by Crippen LogP contribution is -2.30. The number of thioether (sulfide) groups is 1. The number of halogens is 1. The van der Waals surface area contributed by atoms with E-state index in [4.69, 9.17) is 0 Å². The van der Waals surface area contributed by atoms with Crippen molar-refractivity contribution in [3.8, 4) is 0 Å². The standard InChI is InChI=1S/C8H10FNS/c1-5-2-6(9)3-7-8(5)10-4-11-7/h4,6-8H,1-3H2. The zero-order chi connectivity index (χ0) is 7.84. The van der Waals surface area contributed by atoms with E-state index in [1.165, 1.54) is 0 Å². The van der Waals surface area contributed by atoms with Crippen LogP contribution in [0, 0.1) is 0 Å². The molecule has 1 aliphatic carbocycles. The number of rotatable bonds is 0. The summed E-state index contributed by atoms with van der Waals surface area (Å²) in [7, 11) is 0. The smallest absolute Gasteiger partial charge is 0.105 e. The summed E-state index contributed by atoms with van der Waals surface area (Å²) < 4.78 is 12.9. The van der Waals surface area contributed by atoms with E-state index in [2.05, 4.69) is 11.6 Å². The van der Waals surface area contributed by atoms with Gasteiger partial charge in [-0.1, -0.05) is 6.58 Å². The first-order valence-electron chi connectivity index (χ1n) is 3.76. The fourth-order valence-electron chi connectivity index (χ4n) is 1.64. The quantitative estimate of drug-likeness (QED) is 0.509. The maximum atomic E-state index is 12.9. The van der Waals surface area contributed by atoms with Gasteiger partial charge < -0.3 is 0 Å². The molecule has 0 aromatic heterocycles. The van der Waals surface area contributed by atoms with Gasteiger partial charge in [0.1, 0.15) is 6.17 Å². The van der Waals surface area contributed by atoms with Crippen LogP contribution in [0.25, 0.3) is 0 Å². The van der Waals surface area contributed by atoms with Crippen LogP contribution in [0.4, 0.5) is 4.39 Å². The molecule has 2 rings (SSSR count). The van der Waals surface area contributed by atoms with Crippen molar-refractivity contribution in [1.82, 2.24) is 0 Å². The van der Waals surface area contributed by atoms with Crippen molar-refractivity contribution in [2.45, 2.75) is 30.3 Å². The van der Waals surface area contributed by atoms with E-state index in [9.17, 15) is 4.39 Å². The third-order valence-corrected chi connectivity index (χ3v) is 3.24. The van der Waals surface area contributed by atoms with Crippen molar-refractivity contribution in [3.05, 3.63) is 12.2 Å². The summed E-state index contributed by atoms with van der Waals surface area (Å²) in [6.07, 6.45) is 0.478. The molecule has 1 nitrogen and oxygen atoms in total. The molecule has 1 aliphatic heterocycles. The highest BCUT2D eigenvalue weighted by Crippen LogP contribution is 2.37. The number of hydrogen-bond donors (Lipinski definition) is 0. The highest BCUT2D eigenvalue weighted by molar-refractivity contribution is 8.12. The second-order valence-electron chi connectivity index (χ2n) is 3.07. The second-order valence-corrected chi connectivity index (χ2v) is 4.16. The van der Waals surface area contributed by atoms with E-state index in [-0.39, 0.29) is 6.04 Å². The molecule has 0 spiro atoms. The lowest BCUT2D eigenvalue weighted by atomic mass is 9.90. The summed E-state index contributed by atoms with van der Waals surface area (Å²) >= 11 is 1.64. The monoisotopic (exact) mass is 171 g/mol. The summed E-state index contributed by atoms with van der Waals surface area (Å²) in [5.41, 5.74) is 2.80. The molecule has 0 N–H and O–H groups in total. The predicted molar refractivity (Wildman–Crippen MR) is 46.9 cm³/mol. The maximum Gasteiger partial charge on any atom is 0.105 e. The Balaban J connectivity index is 2.14. The summed E-state index contributed by atoms with van der Waals surface area (Å²) in [6.45, 7) is 3.84. The van der Waals surface area contributed by atoms with E-state index in [1.807, 2.05) is 5.55 Å². The van der Waals surface area contributed by atoms with Gasteiger partial charge in [0.05, 0.1) is 11.6 Å². The number of alkyl halides is 1. The van der Waals surface area contributed by atoms with Gasteiger partial charge in [-0.15, -0.1) is 11.8 Å². The molecule has 0 aromatic carbocycles. The topological polar surface area (TPSA) is 12.4 Å². The van der Waals surface area contributed by atoms with Crippen LogP contribution in [0.15, 0.2) is 17.1 Å². The van der Waals surface area contributed by atoms with Crippen LogP contribution in [0.1, 0.15) is 12.8 Å². The van der Waals surface area contributed by atoms with Crippen molar-refractivity contribution in [2.75, 3.05) is 0 Å². The molecule has 3 unspecified atom stereocenters. The van der Waals surface area contributed by atoms with Crippen LogP contribution in [-0.2, 0) is 0 Å². The van der Waals surface area contributed by atoms with Crippen molar-refractivity contribution >= 4 is 17.3 Å². The summed E-state index contributed by atoms with van der Waals surface area (Å²) in [5, 5.41) is 0.339. The molecule has 3 heteroatoms. The average molecular weight is 171 g/mol. The Hall–Kier alpha value is -0.310. The normalized spacial score (nSPS) is 42.6. The number of fused-ring (bicyclic) bond motifs is 1. The lowest BCUT2D eigenvalue weighted by molar-refractivity contribution is 0.281. The Morgan fingerprint density at radius 3 is 3.36 bits per heavy atom. The fraction of sp³-hybridized carbons (Fsp3) is 0.625. The van der Waals surface area contributed by atoms with Gasteiger partial charge in [-0.2, -0.15) is 0 Å². The lowest BCUT2D eigenvalue weighted by Gasteiger charge is -2.27. The minimum atomic E-state index is -0.682. The van der Waals surface area contributed by atoms with Crippen molar-refractivity contribution in [3.63, 3.8) is 0 Å². The third kappa shape index (κ3) is 1.22. The molecular weight excluding hydrogens is 161 g/mol. The second kappa shape index (κ2) is 2.63. The molecule has 0 amide bonds. The summed E-state index contributed by atoms with van der Waals surface area (Å²) in [6, 6.07) is 0.215. The van der Waals surface area contributed by atoms with Crippen LogP contribution in [0.2, 0.25) is 0 Å². The molecule has 2 aliphatic rings. The molecule has 0 saturated heterocycles. The largest absolute Gasteiger partial charge is 0.277 e. The third-order valence-electron chi connectivity index (χ3n) is 2.20. The summed E-state index contributed by atoms with van der Waals surface area (Å²) in [4.78, 5) is 4.24. The molecule has 1 saturated carbocycles. The molecule has 0 aromatic rings. The van der Waals surface area contributed by atoms with Crippen molar-refractivity contribution in [1.29, 1.82) is 0 Å². The van der Waals surface area contributed by atoms with Crippen LogP contribution >= 0.6 is 11.8 Å². The van der Waals surface area contributed by atoms with Gasteiger partial charge in [0.25, 0.3) is 0 Å². The van der Waals surface area contributed by atoms with E-state index in [0.29, 0.717) is 18.1 Å². The molecule has 1 fully saturated rings. The van der Waals surface area contributed by atoms with E-state index in [0.717, 1.165) is 5.57 Å². The zero-order valence-corrected chi connectivity index (χ0v) is 6.98.